The van der Waals surface area contributed by atoms with Crippen LogP contribution >= 0.6 is 7.82 Å². The number of amides is 1. The van der Waals surface area contributed by atoms with Crippen molar-refractivity contribution in [1.82, 2.24) is 5.32 Å². The van der Waals surface area contributed by atoms with Crippen LogP contribution in [0.3, 0.4) is 0 Å². The molecule has 8 nitrogen and oxygen atoms in total. The highest BCUT2D eigenvalue weighted by Crippen LogP contribution is 2.37. The van der Waals surface area contributed by atoms with E-state index in [1.165, 1.54) is 38.5 Å². The van der Waals surface area contributed by atoms with E-state index in [1.54, 1.807) is 0 Å². The fraction of sp³-hybridized carbons (Fsp3) is 0.895. The van der Waals surface area contributed by atoms with Crippen LogP contribution in [-0.4, -0.2) is 40.9 Å². The zero-order valence-corrected chi connectivity index (χ0v) is 18.3. The van der Waals surface area contributed by atoms with E-state index in [-0.39, 0.29) is 25.5 Å². The summed E-state index contributed by atoms with van der Waals surface area (Å²) < 4.78 is 20.5. The third-order valence-electron chi connectivity index (χ3n) is 4.21. The molecule has 0 saturated heterocycles. The molecule has 0 heterocycles. The second kappa shape index (κ2) is 17.0. The van der Waals surface area contributed by atoms with E-state index >= 15 is 0 Å². The van der Waals surface area contributed by atoms with Crippen LogP contribution in [0.15, 0.2) is 0 Å². The SMILES string of the molecule is CCCCCCCCCCCC(=O)NC[C@@H](COC(=O)CCC)OP(=O)(O)O. The van der Waals surface area contributed by atoms with Gasteiger partial charge in [-0.2, -0.15) is 0 Å². The summed E-state index contributed by atoms with van der Waals surface area (Å²) in [6.07, 6.45) is 10.5. The average molecular weight is 423 g/mol. The van der Waals surface area contributed by atoms with Gasteiger partial charge in [-0.1, -0.05) is 65.2 Å². The van der Waals surface area contributed by atoms with Gasteiger partial charge in [0.1, 0.15) is 12.7 Å². The van der Waals surface area contributed by atoms with E-state index < -0.39 is 19.9 Å². The lowest BCUT2D eigenvalue weighted by Gasteiger charge is -2.18. The molecule has 0 aromatic carbocycles. The number of nitrogens with one attached hydrogen (secondary N) is 1. The number of esters is 1. The summed E-state index contributed by atoms with van der Waals surface area (Å²) in [6, 6.07) is 0. The summed E-state index contributed by atoms with van der Waals surface area (Å²) in [5.41, 5.74) is 0. The first-order valence-electron chi connectivity index (χ1n) is 10.4. The molecule has 0 radical (unpaired) electrons. The number of phosphoric ester groups is 1. The number of ether oxygens (including phenoxy) is 1. The van der Waals surface area contributed by atoms with Crippen molar-refractivity contribution >= 4 is 19.7 Å². The Balaban J connectivity index is 3.96. The number of hydrogen-bond donors (Lipinski definition) is 3. The van der Waals surface area contributed by atoms with Crippen LogP contribution in [-0.2, 0) is 23.4 Å². The summed E-state index contributed by atoms with van der Waals surface area (Å²) >= 11 is 0. The maximum absolute atomic E-state index is 11.9. The van der Waals surface area contributed by atoms with E-state index in [9.17, 15) is 14.2 Å². The van der Waals surface area contributed by atoms with E-state index in [4.69, 9.17) is 14.5 Å². The van der Waals surface area contributed by atoms with Crippen LogP contribution < -0.4 is 5.32 Å². The monoisotopic (exact) mass is 423 g/mol. The number of phosphoric acid groups is 1. The number of unbranched alkanes of at least 4 members (excludes halogenated alkanes) is 8. The molecule has 0 unspecified atom stereocenters. The number of hydrogen-bond acceptors (Lipinski definition) is 5. The van der Waals surface area contributed by atoms with Crippen LogP contribution in [0.4, 0.5) is 0 Å². The van der Waals surface area contributed by atoms with Gasteiger partial charge in [0.15, 0.2) is 0 Å². The van der Waals surface area contributed by atoms with Crippen molar-refractivity contribution in [1.29, 1.82) is 0 Å². The summed E-state index contributed by atoms with van der Waals surface area (Å²) in [5.74, 6) is -0.676. The Labute approximate surface area is 169 Å². The maximum atomic E-state index is 11.9. The molecule has 1 atom stereocenters. The molecule has 9 heteroatoms. The first-order valence-corrected chi connectivity index (χ1v) is 12.0. The largest absolute Gasteiger partial charge is 0.470 e. The van der Waals surface area contributed by atoms with Crippen molar-refractivity contribution in [2.24, 2.45) is 0 Å². The Hall–Kier alpha value is -0.950. The minimum atomic E-state index is -4.74. The first kappa shape index (κ1) is 27.0. The highest BCUT2D eigenvalue weighted by atomic mass is 31.2. The quantitative estimate of drug-likeness (QED) is 0.174. The molecule has 1 amide bonds. The van der Waals surface area contributed by atoms with Gasteiger partial charge in [0, 0.05) is 19.4 Å². The average Bonchev–Trinajstić information content (AvgIpc) is 2.62. The van der Waals surface area contributed by atoms with Crippen LogP contribution in [0, 0.1) is 0 Å². The predicted molar refractivity (Wildman–Crippen MR) is 108 cm³/mol. The molecule has 0 aliphatic heterocycles. The molecule has 0 saturated carbocycles. The second-order valence-corrected chi connectivity index (χ2v) is 8.23. The molecule has 0 aromatic rings. The van der Waals surface area contributed by atoms with Crippen molar-refractivity contribution < 1.29 is 33.2 Å². The van der Waals surface area contributed by atoms with Crippen molar-refractivity contribution in [3.63, 3.8) is 0 Å². The summed E-state index contributed by atoms with van der Waals surface area (Å²) in [5, 5.41) is 2.59. The van der Waals surface area contributed by atoms with Gasteiger partial charge in [-0.15, -0.1) is 0 Å². The second-order valence-electron chi connectivity index (χ2n) is 7.03. The maximum Gasteiger partial charge on any atom is 0.470 e. The predicted octanol–water partition coefficient (Wildman–Crippen LogP) is 3.84. The first-order chi connectivity index (χ1) is 13.3. The van der Waals surface area contributed by atoms with Gasteiger partial charge in [-0.3, -0.25) is 14.1 Å². The Bertz CT molecular complexity index is 467. The number of carbonyl (C=O) groups is 2. The third-order valence-corrected chi connectivity index (χ3v) is 4.78. The zero-order chi connectivity index (χ0) is 21.3. The highest BCUT2D eigenvalue weighted by molar-refractivity contribution is 7.46. The molecule has 28 heavy (non-hydrogen) atoms. The summed E-state index contributed by atoms with van der Waals surface area (Å²) in [6.45, 7) is 3.57. The molecule has 0 fully saturated rings. The third kappa shape index (κ3) is 18.4. The van der Waals surface area contributed by atoms with Crippen molar-refractivity contribution in [3.8, 4) is 0 Å². The molecule has 0 aromatic heterocycles. The van der Waals surface area contributed by atoms with Gasteiger partial charge in [0.25, 0.3) is 0 Å². The van der Waals surface area contributed by atoms with Crippen LogP contribution in [0.25, 0.3) is 0 Å². The van der Waals surface area contributed by atoms with E-state index in [0.29, 0.717) is 12.8 Å². The molecule has 0 bridgehead atoms. The fourth-order valence-corrected chi connectivity index (χ4v) is 3.22. The minimum Gasteiger partial charge on any atom is -0.463 e. The molecule has 166 valence electrons. The number of rotatable bonds is 18. The Morgan fingerprint density at radius 1 is 0.893 bits per heavy atom. The Kier molecular flexibility index (Phi) is 16.4. The Morgan fingerprint density at radius 3 is 2.00 bits per heavy atom. The van der Waals surface area contributed by atoms with E-state index in [1.807, 2.05) is 6.92 Å². The van der Waals surface area contributed by atoms with Gasteiger partial charge in [0.2, 0.25) is 5.91 Å². The molecule has 0 spiro atoms. The Morgan fingerprint density at radius 2 is 1.46 bits per heavy atom. The zero-order valence-electron chi connectivity index (χ0n) is 17.4. The van der Waals surface area contributed by atoms with Gasteiger partial charge in [0.05, 0.1) is 0 Å². The smallest absolute Gasteiger partial charge is 0.463 e. The lowest BCUT2D eigenvalue weighted by Crippen LogP contribution is -2.36. The van der Waals surface area contributed by atoms with Crippen LogP contribution in [0.2, 0.25) is 0 Å². The molecular weight excluding hydrogens is 385 g/mol. The van der Waals surface area contributed by atoms with E-state index in [0.717, 1.165) is 19.3 Å². The van der Waals surface area contributed by atoms with Crippen molar-refractivity contribution in [2.75, 3.05) is 13.2 Å². The normalized spacial score (nSPS) is 12.6. The highest BCUT2D eigenvalue weighted by Gasteiger charge is 2.24. The molecular formula is C19H38NO7P. The standard InChI is InChI=1S/C19H38NO7P/c1-3-5-6-7-8-9-10-11-12-14-18(21)20-15-17(27-28(23,24)25)16-26-19(22)13-4-2/h17H,3-16H2,1-2H3,(H,20,21)(H2,23,24,25)/t17-/m0/s1. The van der Waals surface area contributed by atoms with E-state index in [2.05, 4.69) is 16.8 Å². The van der Waals surface area contributed by atoms with Crippen LogP contribution in [0.5, 0.6) is 0 Å². The molecule has 3 N–H and O–H groups in total. The van der Waals surface area contributed by atoms with Gasteiger partial charge in [-0.05, 0) is 12.8 Å². The fourth-order valence-electron chi connectivity index (χ4n) is 2.70. The molecule has 0 aliphatic carbocycles. The lowest BCUT2D eigenvalue weighted by atomic mass is 10.1. The van der Waals surface area contributed by atoms with Crippen molar-refractivity contribution in [3.05, 3.63) is 0 Å². The molecule has 0 aliphatic rings. The lowest BCUT2D eigenvalue weighted by molar-refractivity contribution is -0.146. The van der Waals surface area contributed by atoms with Crippen LogP contribution in [0.1, 0.15) is 90.9 Å². The van der Waals surface area contributed by atoms with Gasteiger partial charge >= 0.3 is 13.8 Å². The topological polar surface area (TPSA) is 122 Å². The van der Waals surface area contributed by atoms with Gasteiger partial charge < -0.3 is 19.8 Å². The minimum absolute atomic E-state index is 0.124. The molecule has 0 rings (SSSR count). The summed E-state index contributed by atoms with van der Waals surface area (Å²) in [7, 11) is -4.74. The van der Waals surface area contributed by atoms with Crippen molar-refractivity contribution in [2.45, 2.75) is 97.0 Å². The van der Waals surface area contributed by atoms with Gasteiger partial charge in [-0.25, -0.2) is 4.57 Å². The number of carbonyl (C=O) groups excluding carboxylic acids is 2. The summed E-state index contributed by atoms with van der Waals surface area (Å²) in [4.78, 5) is 41.2.